The van der Waals surface area contributed by atoms with Crippen molar-refractivity contribution in [1.29, 1.82) is 0 Å². The minimum absolute atomic E-state index is 0.245. The van der Waals surface area contributed by atoms with Gasteiger partial charge < -0.3 is 10.0 Å². The average molecular weight is 243 g/mol. The van der Waals surface area contributed by atoms with Gasteiger partial charge in [-0.15, -0.1) is 0 Å². The third-order valence-corrected chi connectivity index (χ3v) is 3.19. The zero-order chi connectivity index (χ0) is 13.1. The number of carbonyl (C=O) groups is 1. The van der Waals surface area contributed by atoms with Gasteiger partial charge in [-0.2, -0.15) is 0 Å². The maximum absolute atomic E-state index is 11.7. The van der Waals surface area contributed by atoms with Crippen molar-refractivity contribution in [3.05, 3.63) is 0 Å². The molecular weight excluding hydrogens is 214 g/mol. The van der Waals surface area contributed by atoms with Gasteiger partial charge in [-0.25, -0.2) is 0 Å². The standard InChI is InChI=1S/C12H23NO2.C2H6/c1-11-6-8-13(9-7-11)12(15)5-3-2-4-10-14;1-2/h11,14H,2-10H2,1H3;1-2H3. The van der Waals surface area contributed by atoms with Crippen molar-refractivity contribution < 1.29 is 9.90 Å². The fourth-order valence-corrected chi connectivity index (χ4v) is 1.98. The predicted octanol–water partition coefficient (Wildman–Crippen LogP) is 2.82. The molecule has 0 aromatic heterocycles. The summed E-state index contributed by atoms with van der Waals surface area (Å²) in [7, 11) is 0. The Kier molecular flexibility index (Phi) is 10.2. The second-order valence-corrected chi connectivity index (χ2v) is 4.60. The fraction of sp³-hybridized carbons (Fsp3) is 0.929. The van der Waals surface area contributed by atoms with E-state index in [-0.39, 0.29) is 6.61 Å². The number of unbranched alkanes of at least 4 members (excludes halogenated alkanes) is 2. The van der Waals surface area contributed by atoms with Gasteiger partial charge in [0.15, 0.2) is 0 Å². The van der Waals surface area contributed by atoms with E-state index in [4.69, 9.17) is 5.11 Å². The minimum Gasteiger partial charge on any atom is -0.396 e. The van der Waals surface area contributed by atoms with Gasteiger partial charge in [-0.1, -0.05) is 27.2 Å². The number of carbonyl (C=O) groups excluding carboxylic acids is 1. The predicted molar refractivity (Wildman–Crippen MR) is 71.9 cm³/mol. The monoisotopic (exact) mass is 243 g/mol. The summed E-state index contributed by atoms with van der Waals surface area (Å²) in [5.74, 6) is 1.09. The Morgan fingerprint density at radius 2 is 1.76 bits per heavy atom. The van der Waals surface area contributed by atoms with Crippen LogP contribution in [0.3, 0.4) is 0 Å². The van der Waals surface area contributed by atoms with E-state index in [2.05, 4.69) is 6.92 Å². The number of likely N-dealkylation sites (tertiary alicyclic amines) is 1. The smallest absolute Gasteiger partial charge is 0.222 e. The fourth-order valence-electron chi connectivity index (χ4n) is 1.98. The molecule has 0 unspecified atom stereocenters. The number of aliphatic hydroxyl groups is 1. The van der Waals surface area contributed by atoms with Crippen molar-refractivity contribution in [3.8, 4) is 0 Å². The first-order valence-electron chi connectivity index (χ1n) is 7.12. The molecule has 1 rings (SSSR count). The molecule has 0 aliphatic carbocycles. The molecule has 1 aliphatic rings. The van der Waals surface area contributed by atoms with E-state index in [0.717, 1.165) is 51.1 Å². The lowest BCUT2D eigenvalue weighted by Crippen LogP contribution is -2.37. The van der Waals surface area contributed by atoms with Gasteiger partial charge in [0.1, 0.15) is 0 Å². The first-order chi connectivity index (χ1) is 8.24. The second-order valence-electron chi connectivity index (χ2n) is 4.60. The van der Waals surface area contributed by atoms with Crippen LogP contribution in [0.25, 0.3) is 0 Å². The molecule has 0 aromatic carbocycles. The highest BCUT2D eigenvalue weighted by Crippen LogP contribution is 2.17. The van der Waals surface area contributed by atoms with Crippen LogP contribution in [0.15, 0.2) is 0 Å². The molecule has 0 saturated carbocycles. The van der Waals surface area contributed by atoms with E-state index in [1.807, 2.05) is 18.7 Å². The molecule has 1 aliphatic heterocycles. The maximum Gasteiger partial charge on any atom is 0.222 e. The first-order valence-corrected chi connectivity index (χ1v) is 7.12. The van der Waals surface area contributed by atoms with E-state index >= 15 is 0 Å². The summed E-state index contributed by atoms with van der Waals surface area (Å²) >= 11 is 0. The quantitative estimate of drug-likeness (QED) is 0.754. The zero-order valence-corrected chi connectivity index (χ0v) is 11.7. The van der Waals surface area contributed by atoms with E-state index in [1.54, 1.807) is 0 Å². The highest BCUT2D eigenvalue weighted by molar-refractivity contribution is 5.76. The molecule has 17 heavy (non-hydrogen) atoms. The molecule has 0 radical (unpaired) electrons. The SMILES string of the molecule is CC.CC1CCN(C(=O)CCCCCO)CC1. The number of nitrogens with zero attached hydrogens (tertiary/aromatic N) is 1. The third-order valence-electron chi connectivity index (χ3n) is 3.19. The molecule has 0 atom stereocenters. The van der Waals surface area contributed by atoms with Gasteiger partial charge in [0.2, 0.25) is 5.91 Å². The van der Waals surface area contributed by atoms with Crippen molar-refractivity contribution in [2.75, 3.05) is 19.7 Å². The summed E-state index contributed by atoms with van der Waals surface area (Å²) in [5.41, 5.74) is 0. The van der Waals surface area contributed by atoms with Crippen LogP contribution < -0.4 is 0 Å². The Morgan fingerprint density at radius 3 is 2.29 bits per heavy atom. The Morgan fingerprint density at radius 1 is 1.18 bits per heavy atom. The van der Waals surface area contributed by atoms with Crippen LogP contribution in [-0.4, -0.2) is 35.6 Å². The number of piperidine rings is 1. The highest BCUT2D eigenvalue weighted by Gasteiger charge is 2.19. The number of hydrogen-bond acceptors (Lipinski definition) is 2. The van der Waals surface area contributed by atoms with Crippen LogP contribution in [0, 0.1) is 5.92 Å². The molecular formula is C14H29NO2. The topological polar surface area (TPSA) is 40.5 Å². The molecule has 1 fully saturated rings. The Hall–Kier alpha value is -0.570. The van der Waals surface area contributed by atoms with Crippen LogP contribution in [0.4, 0.5) is 0 Å². The number of amides is 1. The van der Waals surface area contributed by atoms with Crippen LogP contribution in [0.1, 0.15) is 59.3 Å². The molecule has 1 N–H and O–H groups in total. The summed E-state index contributed by atoms with van der Waals surface area (Å²) in [5, 5.41) is 8.61. The normalized spacial score (nSPS) is 16.4. The van der Waals surface area contributed by atoms with Crippen molar-refractivity contribution in [3.63, 3.8) is 0 Å². The van der Waals surface area contributed by atoms with E-state index in [1.165, 1.54) is 0 Å². The summed E-state index contributed by atoms with van der Waals surface area (Å²) in [4.78, 5) is 13.7. The molecule has 0 bridgehead atoms. The van der Waals surface area contributed by atoms with Crippen LogP contribution in [0.2, 0.25) is 0 Å². The average Bonchev–Trinajstić information content (AvgIpc) is 2.38. The molecule has 1 heterocycles. The van der Waals surface area contributed by atoms with E-state index in [9.17, 15) is 4.79 Å². The van der Waals surface area contributed by atoms with E-state index < -0.39 is 0 Å². The highest BCUT2D eigenvalue weighted by atomic mass is 16.2. The van der Waals surface area contributed by atoms with Crippen LogP contribution in [0.5, 0.6) is 0 Å². The Balaban J connectivity index is 0.00000121. The molecule has 102 valence electrons. The van der Waals surface area contributed by atoms with Gasteiger partial charge >= 0.3 is 0 Å². The molecule has 0 spiro atoms. The Labute approximate surface area is 106 Å². The summed E-state index contributed by atoms with van der Waals surface area (Å²) < 4.78 is 0. The second kappa shape index (κ2) is 10.6. The van der Waals surface area contributed by atoms with Gasteiger partial charge in [-0.3, -0.25) is 4.79 Å². The molecule has 3 nitrogen and oxygen atoms in total. The lowest BCUT2D eigenvalue weighted by molar-refractivity contribution is -0.132. The molecule has 0 aromatic rings. The molecule has 1 saturated heterocycles. The first kappa shape index (κ1) is 16.4. The van der Waals surface area contributed by atoms with Gasteiger partial charge in [-0.05, 0) is 31.6 Å². The summed E-state index contributed by atoms with van der Waals surface area (Å²) in [6.07, 6.45) is 5.68. The van der Waals surface area contributed by atoms with Gasteiger partial charge in [0.25, 0.3) is 0 Å². The minimum atomic E-state index is 0.245. The lowest BCUT2D eigenvalue weighted by Gasteiger charge is -2.30. The maximum atomic E-state index is 11.7. The Bertz CT molecular complexity index is 187. The summed E-state index contributed by atoms with van der Waals surface area (Å²) in [6.45, 7) is 8.39. The zero-order valence-electron chi connectivity index (χ0n) is 11.7. The van der Waals surface area contributed by atoms with Gasteiger partial charge in [0.05, 0.1) is 0 Å². The van der Waals surface area contributed by atoms with Crippen molar-refractivity contribution in [2.45, 2.75) is 59.3 Å². The van der Waals surface area contributed by atoms with Crippen molar-refractivity contribution >= 4 is 5.91 Å². The lowest BCUT2D eigenvalue weighted by atomic mass is 9.99. The van der Waals surface area contributed by atoms with Crippen LogP contribution in [-0.2, 0) is 4.79 Å². The molecule has 3 heteroatoms. The van der Waals surface area contributed by atoms with Gasteiger partial charge in [0, 0.05) is 26.1 Å². The summed E-state index contributed by atoms with van der Waals surface area (Å²) in [6, 6.07) is 0. The van der Waals surface area contributed by atoms with Crippen molar-refractivity contribution in [2.24, 2.45) is 5.92 Å². The third kappa shape index (κ3) is 7.37. The number of rotatable bonds is 5. The number of hydrogen-bond donors (Lipinski definition) is 1. The van der Waals surface area contributed by atoms with E-state index in [0.29, 0.717) is 12.3 Å². The molecule has 1 amide bonds. The number of aliphatic hydroxyl groups excluding tert-OH is 1. The largest absolute Gasteiger partial charge is 0.396 e. The van der Waals surface area contributed by atoms with Crippen LogP contribution >= 0.6 is 0 Å². The van der Waals surface area contributed by atoms with Crippen molar-refractivity contribution in [1.82, 2.24) is 4.90 Å².